The van der Waals surface area contributed by atoms with E-state index in [9.17, 15) is 0 Å². The maximum absolute atomic E-state index is 4.10. The van der Waals surface area contributed by atoms with E-state index in [-0.39, 0.29) is 0 Å². The summed E-state index contributed by atoms with van der Waals surface area (Å²) in [5.41, 5.74) is 3.80. The third-order valence-electron chi connectivity index (χ3n) is 3.75. The van der Waals surface area contributed by atoms with Crippen molar-refractivity contribution in [2.45, 2.75) is 12.3 Å². The van der Waals surface area contributed by atoms with Crippen LogP contribution in [0.1, 0.15) is 23.5 Å². The highest BCUT2D eigenvalue weighted by Crippen LogP contribution is 2.29. The van der Waals surface area contributed by atoms with E-state index in [4.69, 9.17) is 0 Å². The van der Waals surface area contributed by atoms with Crippen molar-refractivity contribution >= 4 is 10.9 Å². The predicted octanol–water partition coefficient (Wildman–Crippen LogP) is 3.30. The fourth-order valence-corrected chi connectivity index (χ4v) is 2.67. The predicted molar refractivity (Wildman–Crippen MR) is 82.9 cm³/mol. The number of nitrogens with zero attached hydrogens (tertiary/aromatic N) is 1. The van der Waals surface area contributed by atoms with E-state index in [2.05, 4.69) is 64.0 Å². The minimum Gasteiger partial charge on any atom is -0.320 e. The van der Waals surface area contributed by atoms with Crippen LogP contribution >= 0.6 is 0 Å². The number of aromatic nitrogens is 2. The van der Waals surface area contributed by atoms with E-state index in [0.29, 0.717) is 5.92 Å². The van der Waals surface area contributed by atoms with Crippen LogP contribution in [0.2, 0.25) is 0 Å². The summed E-state index contributed by atoms with van der Waals surface area (Å²) in [6.45, 7) is 1.00. The van der Waals surface area contributed by atoms with Gasteiger partial charge in [-0.2, -0.15) is 5.10 Å². The van der Waals surface area contributed by atoms with Crippen LogP contribution in [0, 0.1) is 0 Å². The molecule has 3 nitrogen and oxygen atoms in total. The second kappa shape index (κ2) is 5.88. The lowest BCUT2D eigenvalue weighted by molar-refractivity contribution is 0.662. The third-order valence-corrected chi connectivity index (χ3v) is 3.75. The summed E-state index contributed by atoms with van der Waals surface area (Å²) in [5.74, 6) is 0.413. The fourth-order valence-electron chi connectivity index (χ4n) is 2.67. The highest BCUT2D eigenvalue weighted by atomic mass is 15.1. The summed E-state index contributed by atoms with van der Waals surface area (Å²) >= 11 is 0. The van der Waals surface area contributed by atoms with Crippen LogP contribution in [-0.2, 0) is 0 Å². The number of rotatable bonds is 5. The highest BCUT2D eigenvalue weighted by molar-refractivity contribution is 5.78. The Labute approximate surface area is 119 Å². The molecule has 0 aliphatic carbocycles. The minimum atomic E-state index is 0.413. The summed E-state index contributed by atoms with van der Waals surface area (Å²) in [4.78, 5) is 0. The number of hydrogen-bond donors (Lipinski definition) is 2. The number of H-pyrrole nitrogens is 1. The SMILES string of the molecule is CNCC[C@H](c1ccccc1)c1ccc2cn[nH]c2c1. The molecule has 1 heterocycles. The lowest BCUT2D eigenvalue weighted by Crippen LogP contribution is -2.13. The molecule has 3 aromatic rings. The summed E-state index contributed by atoms with van der Waals surface area (Å²) < 4.78 is 0. The summed E-state index contributed by atoms with van der Waals surface area (Å²) in [6.07, 6.45) is 2.95. The van der Waals surface area contributed by atoms with Crippen LogP contribution in [0.4, 0.5) is 0 Å². The average Bonchev–Trinajstić information content (AvgIpc) is 2.96. The molecule has 0 aliphatic heterocycles. The molecule has 0 bridgehead atoms. The van der Waals surface area contributed by atoms with Crippen LogP contribution < -0.4 is 5.32 Å². The molecule has 0 aliphatic rings. The smallest absolute Gasteiger partial charge is 0.0653 e. The second-order valence-electron chi connectivity index (χ2n) is 5.07. The summed E-state index contributed by atoms with van der Waals surface area (Å²) in [7, 11) is 2.00. The van der Waals surface area contributed by atoms with Gasteiger partial charge in [0.25, 0.3) is 0 Å². The topological polar surface area (TPSA) is 40.7 Å². The van der Waals surface area contributed by atoms with Gasteiger partial charge in [0.1, 0.15) is 0 Å². The molecule has 2 aromatic carbocycles. The van der Waals surface area contributed by atoms with Gasteiger partial charge in [-0.3, -0.25) is 5.10 Å². The van der Waals surface area contributed by atoms with Gasteiger partial charge in [-0.1, -0.05) is 42.5 Å². The molecule has 0 unspecified atom stereocenters. The van der Waals surface area contributed by atoms with Gasteiger partial charge in [0.2, 0.25) is 0 Å². The van der Waals surface area contributed by atoms with Crippen LogP contribution in [0.25, 0.3) is 10.9 Å². The molecule has 0 saturated carbocycles. The van der Waals surface area contributed by atoms with Crippen LogP contribution in [0.5, 0.6) is 0 Å². The molecule has 0 fully saturated rings. The van der Waals surface area contributed by atoms with Gasteiger partial charge >= 0.3 is 0 Å². The van der Waals surface area contributed by atoms with Gasteiger partial charge in [-0.15, -0.1) is 0 Å². The van der Waals surface area contributed by atoms with E-state index in [1.807, 2.05) is 13.2 Å². The monoisotopic (exact) mass is 265 g/mol. The zero-order chi connectivity index (χ0) is 13.8. The fraction of sp³-hybridized carbons (Fsp3) is 0.235. The molecule has 2 N–H and O–H groups in total. The molecule has 0 radical (unpaired) electrons. The Morgan fingerprint density at radius 2 is 1.95 bits per heavy atom. The van der Waals surface area contributed by atoms with Gasteiger partial charge < -0.3 is 5.32 Å². The van der Waals surface area contributed by atoms with Crippen molar-refractivity contribution < 1.29 is 0 Å². The maximum Gasteiger partial charge on any atom is 0.0653 e. The van der Waals surface area contributed by atoms with E-state index >= 15 is 0 Å². The van der Waals surface area contributed by atoms with Gasteiger partial charge in [0.05, 0.1) is 11.7 Å². The van der Waals surface area contributed by atoms with Crippen LogP contribution in [0.3, 0.4) is 0 Å². The molecule has 3 rings (SSSR count). The van der Waals surface area contributed by atoms with Crippen molar-refractivity contribution in [3.63, 3.8) is 0 Å². The number of fused-ring (bicyclic) bond motifs is 1. The molecule has 0 spiro atoms. The first-order chi connectivity index (χ1) is 9.88. The Morgan fingerprint density at radius 1 is 1.10 bits per heavy atom. The molecule has 3 heteroatoms. The lowest BCUT2D eigenvalue weighted by atomic mass is 9.88. The summed E-state index contributed by atoms with van der Waals surface area (Å²) in [5, 5.41) is 11.6. The third kappa shape index (κ3) is 2.58. The molecule has 0 amide bonds. The summed E-state index contributed by atoms with van der Waals surface area (Å²) in [6, 6.07) is 17.3. The quantitative estimate of drug-likeness (QED) is 0.743. The van der Waals surface area contributed by atoms with Crippen molar-refractivity contribution in [1.29, 1.82) is 0 Å². The molecule has 1 atom stereocenters. The maximum atomic E-state index is 4.10. The first-order valence-electron chi connectivity index (χ1n) is 7.01. The van der Waals surface area contributed by atoms with Crippen LogP contribution in [-0.4, -0.2) is 23.8 Å². The second-order valence-corrected chi connectivity index (χ2v) is 5.07. The van der Waals surface area contributed by atoms with Crippen molar-refractivity contribution in [3.05, 3.63) is 65.9 Å². The molecule has 102 valence electrons. The Bertz CT molecular complexity index is 673. The van der Waals surface area contributed by atoms with E-state index in [1.165, 1.54) is 11.1 Å². The molecule has 1 aromatic heterocycles. The van der Waals surface area contributed by atoms with Crippen molar-refractivity contribution in [2.75, 3.05) is 13.6 Å². The Hall–Kier alpha value is -2.13. The first kappa shape index (κ1) is 12.9. The van der Waals surface area contributed by atoms with Crippen molar-refractivity contribution in [2.24, 2.45) is 0 Å². The van der Waals surface area contributed by atoms with Gasteiger partial charge in [-0.25, -0.2) is 0 Å². The van der Waals surface area contributed by atoms with E-state index in [1.54, 1.807) is 0 Å². The zero-order valence-electron chi connectivity index (χ0n) is 11.6. The van der Waals surface area contributed by atoms with Gasteiger partial charge in [0.15, 0.2) is 0 Å². The number of hydrogen-bond acceptors (Lipinski definition) is 2. The van der Waals surface area contributed by atoms with Crippen molar-refractivity contribution in [1.82, 2.24) is 15.5 Å². The van der Waals surface area contributed by atoms with Crippen molar-refractivity contribution in [3.8, 4) is 0 Å². The normalized spacial score (nSPS) is 12.7. The first-order valence-corrected chi connectivity index (χ1v) is 7.01. The van der Waals surface area contributed by atoms with Gasteiger partial charge in [-0.05, 0) is 37.2 Å². The highest BCUT2D eigenvalue weighted by Gasteiger charge is 2.14. The number of benzene rings is 2. The molecule has 20 heavy (non-hydrogen) atoms. The molecule has 0 saturated heterocycles. The van der Waals surface area contributed by atoms with Crippen LogP contribution in [0.15, 0.2) is 54.7 Å². The zero-order valence-corrected chi connectivity index (χ0v) is 11.6. The van der Waals surface area contributed by atoms with E-state index in [0.717, 1.165) is 23.9 Å². The minimum absolute atomic E-state index is 0.413. The van der Waals surface area contributed by atoms with E-state index < -0.39 is 0 Å². The lowest BCUT2D eigenvalue weighted by Gasteiger charge is -2.18. The Morgan fingerprint density at radius 3 is 2.75 bits per heavy atom. The average molecular weight is 265 g/mol. The molecular weight excluding hydrogens is 246 g/mol. The number of aromatic amines is 1. The molecular formula is C17H19N3. The Balaban J connectivity index is 1.99. The number of nitrogens with one attached hydrogen (secondary N) is 2. The van der Waals surface area contributed by atoms with Gasteiger partial charge in [0, 0.05) is 11.3 Å². The Kier molecular flexibility index (Phi) is 3.79. The standard InChI is InChI=1S/C17H19N3/c1-18-10-9-16(13-5-3-2-4-6-13)14-7-8-15-12-19-20-17(15)11-14/h2-8,11-12,16,18H,9-10H2,1H3,(H,19,20)/t16-/m1/s1. The largest absolute Gasteiger partial charge is 0.320 e.